The lowest BCUT2D eigenvalue weighted by molar-refractivity contribution is -0.193. The average Bonchev–Trinajstić information content (AvgIpc) is 3.52. The lowest BCUT2D eigenvalue weighted by Gasteiger charge is -2.25. The molecule has 18 heteroatoms. The number of nitrogens with one attached hydrogen (secondary N) is 3. The van der Waals surface area contributed by atoms with E-state index in [9.17, 15) is 31.1 Å². The number of carbonyl (C=O) groups excluding carboxylic acids is 1. The number of benzene rings is 2. The maximum atomic E-state index is 13.0. The summed E-state index contributed by atoms with van der Waals surface area (Å²) >= 11 is 0. The third-order valence-corrected chi connectivity index (χ3v) is 5.71. The monoisotopic (exact) mass is 650 g/mol. The second-order valence-corrected chi connectivity index (χ2v) is 8.93. The van der Waals surface area contributed by atoms with E-state index in [1.165, 1.54) is 0 Å². The Morgan fingerprint density at radius 3 is 2.20 bits per heavy atom. The number of carbonyl (C=O) groups is 3. The van der Waals surface area contributed by atoms with E-state index in [0.29, 0.717) is 37.6 Å². The number of rotatable bonds is 8. The number of methoxy groups -OCH3 is 1. The predicted molar refractivity (Wildman–Crippen MR) is 145 cm³/mol. The van der Waals surface area contributed by atoms with Crippen LogP contribution in [-0.4, -0.2) is 84.5 Å². The molecule has 3 aromatic rings. The zero-order valence-electron chi connectivity index (χ0n) is 23.6. The summed E-state index contributed by atoms with van der Waals surface area (Å²) in [5.74, 6) is -3.77. The minimum absolute atomic E-state index is 0.108. The van der Waals surface area contributed by atoms with E-state index in [2.05, 4.69) is 20.8 Å². The number of halogens is 6. The number of hydrogen-bond acceptors (Lipinski definition) is 8. The summed E-state index contributed by atoms with van der Waals surface area (Å²) in [6.07, 6.45) is -6.02. The van der Waals surface area contributed by atoms with E-state index in [0.717, 1.165) is 28.2 Å². The maximum absolute atomic E-state index is 13.0. The number of carboxylic acid groups (broad SMARTS) is 2. The van der Waals surface area contributed by atoms with Crippen LogP contribution >= 0.6 is 0 Å². The van der Waals surface area contributed by atoms with Gasteiger partial charge in [0.1, 0.15) is 30.5 Å². The molecule has 0 saturated heterocycles. The summed E-state index contributed by atoms with van der Waals surface area (Å²) in [5, 5.41) is 27.1. The Hall–Kier alpha value is -5.00. The van der Waals surface area contributed by atoms with Gasteiger partial charge in [-0.2, -0.15) is 31.4 Å². The lowest BCUT2D eigenvalue weighted by Crippen LogP contribution is -2.32. The van der Waals surface area contributed by atoms with Gasteiger partial charge in [-0.1, -0.05) is 6.07 Å². The zero-order valence-corrected chi connectivity index (χ0v) is 23.6. The molecule has 4 rings (SSSR count). The molecule has 2 aromatic carbocycles. The first-order valence-corrected chi connectivity index (χ1v) is 12.7. The quantitative estimate of drug-likeness (QED) is 0.176. The van der Waals surface area contributed by atoms with Gasteiger partial charge in [0.15, 0.2) is 0 Å². The molecule has 12 nitrogen and oxygen atoms in total. The number of aromatic nitrogens is 2. The van der Waals surface area contributed by atoms with Gasteiger partial charge >= 0.3 is 24.3 Å². The fourth-order valence-corrected chi connectivity index (χ4v) is 3.50. The zero-order chi connectivity index (χ0) is 33.8. The van der Waals surface area contributed by atoms with E-state index >= 15 is 0 Å². The molecule has 2 heterocycles. The molecule has 0 fully saturated rings. The van der Waals surface area contributed by atoms with Crippen LogP contribution in [0.25, 0.3) is 11.1 Å². The summed E-state index contributed by atoms with van der Waals surface area (Å²) in [6.45, 7) is 1.50. The number of aliphatic carboxylic acids is 2. The van der Waals surface area contributed by atoms with Crippen molar-refractivity contribution in [2.75, 3.05) is 39.2 Å². The number of likely N-dealkylation sites (N-methyl/N-ethyl adjacent to an activating group) is 1. The molecule has 1 aliphatic heterocycles. The Balaban J connectivity index is 0.000000421. The summed E-state index contributed by atoms with van der Waals surface area (Å²) in [6, 6.07) is 11.4. The second-order valence-electron chi connectivity index (χ2n) is 8.93. The minimum Gasteiger partial charge on any atom is -0.497 e. The normalized spacial score (nSPS) is 13.8. The van der Waals surface area contributed by atoms with Crippen LogP contribution in [-0.2, 0) is 20.8 Å². The van der Waals surface area contributed by atoms with Crippen LogP contribution in [0.5, 0.6) is 17.2 Å². The summed E-state index contributed by atoms with van der Waals surface area (Å²) in [4.78, 5) is 30.8. The number of anilines is 1. The van der Waals surface area contributed by atoms with Crippen molar-refractivity contribution in [1.82, 2.24) is 15.5 Å². The number of amides is 1. The molecule has 1 unspecified atom stereocenters. The first kappa shape index (κ1) is 36.2. The van der Waals surface area contributed by atoms with Crippen LogP contribution in [0, 0.1) is 5.92 Å². The number of carboxylic acids is 2. The molecule has 0 radical (unpaired) electrons. The Bertz CT molecular complexity index is 1410. The molecule has 246 valence electrons. The Morgan fingerprint density at radius 1 is 1.02 bits per heavy atom. The lowest BCUT2D eigenvalue weighted by atomic mass is 9.95. The highest BCUT2D eigenvalue weighted by Crippen LogP contribution is 2.34. The molecular formula is C27H28F6N4O8. The van der Waals surface area contributed by atoms with E-state index in [1.807, 2.05) is 49.6 Å². The molecule has 0 aliphatic carbocycles. The van der Waals surface area contributed by atoms with Gasteiger partial charge in [0.05, 0.1) is 24.9 Å². The summed E-state index contributed by atoms with van der Waals surface area (Å²) in [7, 11) is 3.49. The van der Waals surface area contributed by atoms with Crippen molar-refractivity contribution in [2.24, 2.45) is 5.92 Å². The van der Waals surface area contributed by atoms with Crippen molar-refractivity contribution in [1.29, 1.82) is 0 Å². The predicted octanol–water partition coefficient (Wildman–Crippen LogP) is 4.14. The standard InChI is InChI=1S/C23H26N4O4.2C2HF3O2/c1-24-7-8-30-22-11-15(18-12-25-26-13-18)3-5-20(22)27-23(28)17-9-16-10-19(29-2)4-6-21(16)31-14-17;2*3-2(4,5)1(6)7/h3-6,10-13,17,24H,7-9,14H2,1-2H3,(H,25,26)(H,27,28);2*(H,6,7). The Kier molecular flexibility index (Phi) is 13.0. The molecule has 0 spiro atoms. The molecule has 45 heavy (non-hydrogen) atoms. The first-order valence-electron chi connectivity index (χ1n) is 12.7. The van der Waals surface area contributed by atoms with Gasteiger partial charge in [-0.3, -0.25) is 9.89 Å². The molecule has 5 N–H and O–H groups in total. The number of aromatic amines is 1. The van der Waals surface area contributed by atoms with Crippen LogP contribution in [0.1, 0.15) is 5.56 Å². The van der Waals surface area contributed by atoms with Gasteiger partial charge in [0, 0.05) is 18.3 Å². The molecule has 1 atom stereocenters. The number of nitrogens with zero attached hydrogens (tertiary/aromatic N) is 1. The molecule has 1 amide bonds. The number of H-pyrrole nitrogens is 1. The van der Waals surface area contributed by atoms with Crippen molar-refractivity contribution in [2.45, 2.75) is 18.8 Å². The highest BCUT2D eigenvalue weighted by molar-refractivity contribution is 5.95. The van der Waals surface area contributed by atoms with Crippen molar-refractivity contribution >= 4 is 23.5 Å². The van der Waals surface area contributed by atoms with E-state index in [-0.39, 0.29) is 11.8 Å². The molecular weight excluding hydrogens is 622 g/mol. The van der Waals surface area contributed by atoms with Crippen molar-refractivity contribution < 1.29 is 65.1 Å². The number of ether oxygens (including phenoxy) is 3. The van der Waals surface area contributed by atoms with Crippen molar-refractivity contribution in [3.8, 4) is 28.4 Å². The molecule has 0 bridgehead atoms. The topological polar surface area (TPSA) is 172 Å². The molecule has 1 aromatic heterocycles. The maximum Gasteiger partial charge on any atom is 0.490 e. The number of hydrogen-bond donors (Lipinski definition) is 5. The van der Waals surface area contributed by atoms with Crippen LogP contribution in [0.3, 0.4) is 0 Å². The van der Waals surface area contributed by atoms with Crippen LogP contribution in [0.4, 0.5) is 32.0 Å². The van der Waals surface area contributed by atoms with Gasteiger partial charge in [0.2, 0.25) is 5.91 Å². The Labute approximate surface area is 251 Å². The second kappa shape index (κ2) is 16.2. The average molecular weight is 651 g/mol. The third-order valence-electron chi connectivity index (χ3n) is 5.71. The van der Waals surface area contributed by atoms with Crippen LogP contribution in [0.15, 0.2) is 48.8 Å². The number of alkyl halides is 6. The Morgan fingerprint density at radius 2 is 1.67 bits per heavy atom. The number of fused-ring (bicyclic) bond motifs is 1. The van der Waals surface area contributed by atoms with Crippen LogP contribution < -0.4 is 24.8 Å². The van der Waals surface area contributed by atoms with Gasteiger partial charge < -0.3 is 35.1 Å². The summed E-state index contributed by atoms with van der Waals surface area (Å²) in [5.41, 5.74) is 3.49. The highest BCUT2D eigenvalue weighted by atomic mass is 19.4. The SMILES string of the molecule is CNCCOc1cc(-c2cn[nH]c2)ccc1NC(=O)C1COc2ccc(OC)cc2C1.O=C(O)C(F)(F)F.O=C(O)C(F)(F)F. The third kappa shape index (κ3) is 11.5. The fourth-order valence-electron chi connectivity index (χ4n) is 3.50. The first-order chi connectivity index (χ1) is 21.1. The molecule has 1 aliphatic rings. The van der Waals surface area contributed by atoms with Crippen molar-refractivity contribution in [3.63, 3.8) is 0 Å². The van der Waals surface area contributed by atoms with Gasteiger partial charge in [-0.25, -0.2) is 9.59 Å². The fraction of sp³-hybridized carbons (Fsp3) is 0.333. The van der Waals surface area contributed by atoms with Gasteiger partial charge in [-0.15, -0.1) is 0 Å². The van der Waals surface area contributed by atoms with E-state index < -0.39 is 24.3 Å². The summed E-state index contributed by atoms with van der Waals surface area (Å²) < 4.78 is 80.5. The van der Waals surface area contributed by atoms with Crippen molar-refractivity contribution in [3.05, 3.63) is 54.4 Å². The van der Waals surface area contributed by atoms with E-state index in [1.54, 1.807) is 13.3 Å². The minimum atomic E-state index is -5.08. The smallest absolute Gasteiger partial charge is 0.490 e. The van der Waals surface area contributed by atoms with Gasteiger partial charge in [-0.05, 0) is 54.9 Å². The molecule has 0 saturated carbocycles. The van der Waals surface area contributed by atoms with E-state index in [4.69, 9.17) is 34.0 Å². The van der Waals surface area contributed by atoms with Crippen LogP contribution in [0.2, 0.25) is 0 Å². The highest BCUT2D eigenvalue weighted by Gasteiger charge is 2.39. The largest absolute Gasteiger partial charge is 0.497 e. The van der Waals surface area contributed by atoms with Gasteiger partial charge in [0.25, 0.3) is 0 Å².